The number of nitrogens with one attached hydrogen (secondary N) is 2. The summed E-state index contributed by atoms with van der Waals surface area (Å²) in [5, 5.41) is 2.65. The van der Waals surface area contributed by atoms with Gasteiger partial charge in [0.05, 0.1) is 11.9 Å². The molecule has 4 rings (SSSR count). The molecule has 0 unspecified atom stereocenters. The van der Waals surface area contributed by atoms with Crippen molar-refractivity contribution in [1.82, 2.24) is 19.9 Å². The third-order valence-corrected chi connectivity index (χ3v) is 4.89. The number of carbonyl (C=O) groups is 1. The summed E-state index contributed by atoms with van der Waals surface area (Å²) in [5.41, 5.74) is 2.90. The van der Waals surface area contributed by atoms with E-state index >= 15 is 0 Å². The summed E-state index contributed by atoms with van der Waals surface area (Å²) in [6.45, 7) is 0. The molecule has 0 spiro atoms. The van der Waals surface area contributed by atoms with Crippen molar-refractivity contribution in [2.24, 2.45) is 0 Å². The molecule has 146 valence electrons. The zero-order valence-corrected chi connectivity index (χ0v) is 15.9. The van der Waals surface area contributed by atoms with Crippen LogP contribution in [0.3, 0.4) is 0 Å². The minimum absolute atomic E-state index is 0.103. The number of aromatic nitrogens is 4. The molecule has 0 saturated carbocycles. The highest BCUT2D eigenvalue weighted by atomic mass is 31.2. The summed E-state index contributed by atoms with van der Waals surface area (Å²) < 4.78 is 11.3. The van der Waals surface area contributed by atoms with Gasteiger partial charge >= 0.3 is 7.60 Å². The number of fused-ring (bicyclic) bond motifs is 1. The van der Waals surface area contributed by atoms with Crippen LogP contribution in [0.2, 0.25) is 0 Å². The second kappa shape index (κ2) is 7.56. The van der Waals surface area contributed by atoms with Gasteiger partial charge in [-0.05, 0) is 23.3 Å². The molecule has 29 heavy (non-hydrogen) atoms. The molecule has 2 aromatic heterocycles. The first-order chi connectivity index (χ1) is 13.9. The Hall–Kier alpha value is -3.39. The predicted molar refractivity (Wildman–Crippen MR) is 107 cm³/mol. The summed E-state index contributed by atoms with van der Waals surface area (Å²) in [6.07, 6.45) is 0.615. The summed E-state index contributed by atoms with van der Waals surface area (Å²) in [6, 6.07) is 16.8. The van der Waals surface area contributed by atoms with Crippen LogP contribution in [-0.4, -0.2) is 35.6 Å². The van der Waals surface area contributed by atoms with E-state index in [2.05, 4.69) is 25.3 Å². The van der Waals surface area contributed by atoms with E-state index in [9.17, 15) is 19.1 Å². The van der Waals surface area contributed by atoms with E-state index in [-0.39, 0.29) is 28.7 Å². The first kappa shape index (κ1) is 18.9. The topological polar surface area (TPSA) is 141 Å². The van der Waals surface area contributed by atoms with Gasteiger partial charge in [-0.2, -0.15) is 0 Å². The molecule has 0 fully saturated rings. The number of anilines is 1. The maximum atomic E-state index is 12.7. The van der Waals surface area contributed by atoms with Crippen LogP contribution in [0.25, 0.3) is 22.3 Å². The molecule has 9 nitrogen and oxygen atoms in total. The molecule has 4 N–H and O–H groups in total. The summed E-state index contributed by atoms with van der Waals surface area (Å²) in [7, 11) is -4.32. The van der Waals surface area contributed by atoms with E-state index < -0.39 is 13.8 Å². The van der Waals surface area contributed by atoms with Crippen molar-refractivity contribution in [2.45, 2.75) is 6.16 Å². The molecule has 1 amide bonds. The highest BCUT2D eigenvalue weighted by molar-refractivity contribution is 7.50. The Morgan fingerprint density at radius 3 is 2.55 bits per heavy atom. The lowest BCUT2D eigenvalue weighted by molar-refractivity contribution is 0.102. The van der Waals surface area contributed by atoms with Crippen LogP contribution in [0, 0.1) is 0 Å². The molecular formula is C19H16N5O4P. The van der Waals surface area contributed by atoms with Gasteiger partial charge in [-0.1, -0.05) is 42.5 Å². The van der Waals surface area contributed by atoms with Crippen molar-refractivity contribution in [3.8, 4) is 11.1 Å². The smallest absolute Gasteiger partial charge is 0.324 e. The van der Waals surface area contributed by atoms with Crippen LogP contribution < -0.4 is 5.32 Å². The van der Waals surface area contributed by atoms with Gasteiger partial charge < -0.3 is 14.8 Å². The Labute approximate surface area is 165 Å². The Bertz CT molecular complexity index is 1240. The number of hydrogen-bond donors (Lipinski definition) is 4. The third kappa shape index (κ3) is 4.38. The highest BCUT2D eigenvalue weighted by Gasteiger charge is 2.20. The fraction of sp³-hybridized carbons (Fsp3) is 0.0526. The first-order valence-corrected chi connectivity index (χ1v) is 10.4. The van der Waals surface area contributed by atoms with E-state index in [0.29, 0.717) is 5.56 Å². The van der Waals surface area contributed by atoms with Crippen LogP contribution in [0.5, 0.6) is 0 Å². The van der Waals surface area contributed by atoms with Gasteiger partial charge in [0.15, 0.2) is 5.65 Å². The number of hydrogen-bond acceptors (Lipinski definition) is 5. The normalized spacial score (nSPS) is 11.5. The van der Waals surface area contributed by atoms with Gasteiger partial charge in [-0.25, -0.2) is 15.0 Å². The summed E-state index contributed by atoms with van der Waals surface area (Å²) in [5.74, 6) is -0.270. The molecule has 2 aromatic carbocycles. The number of amides is 1. The SMILES string of the molecule is O=C(Nc1nc2c(CP(=O)(O)O)ncnc2[nH]1)c1cccc(-c2ccccc2)c1. The van der Waals surface area contributed by atoms with Crippen LogP contribution in [0.4, 0.5) is 5.95 Å². The van der Waals surface area contributed by atoms with Crippen LogP contribution in [0.1, 0.15) is 16.1 Å². The fourth-order valence-corrected chi connectivity index (χ4v) is 3.52. The van der Waals surface area contributed by atoms with Gasteiger partial charge in [0.25, 0.3) is 5.91 Å². The van der Waals surface area contributed by atoms with Crippen molar-refractivity contribution < 1.29 is 19.1 Å². The average molecular weight is 409 g/mol. The molecule has 0 atom stereocenters. The Balaban J connectivity index is 1.60. The number of benzene rings is 2. The van der Waals surface area contributed by atoms with E-state index in [4.69, 9.17) is 0 Å². The number of nitrogens with zero attached hydrogens (tertiary/aromatic N) is 3. The number of rotatable bonds is 5. The van der Waals surface area contributed by atoms with Crippen molar-refractivity contribution in [1.29, 1.82) is 0 Å². The minimum atomic E-state index is -4.32. The minimum Gasteiger partial charge on any atom is -0.324 e. The zero-order chi connectivity index (χ0) is 20.4. The molecule has 0 aliphatic carbocycles. The molecule has 0 saturated heterocycles. The Morgan fingerprint density at radius 2 is 1.79 bits per heavy atom. The predicted octanol–water partition coefficient (Wildman–Crippen LogP) is 2.95. The molecule has 0 bridgehead atoms. The lowest BCUT2D eigenvalue weighted by atomic mass is 10.0. The van der Waals surface area contributed by atoms with Gasteiger partial charge in [-0.3, -0.25) is 14.7 Å². The fourth-order valence-electron chi connectivity index (χ4n) is 2.90. The molecule has 0 aliphatic heterocycles. The largest absolute Gasteiger partial charge is 0.331 e. The quantitative estimate of drug-likeness (QED) is 0.371. The Morgan fingerprint density at radius 1 is 1.03 bits per heavy atom. The van der Waals surface area contributed by atoms with Crippen molar-refractivity contribution in [2.75, 3.05) is 5.32 Å². The third-order valence-electron chi connectivity index (χ3n) is 4.18. The van der Waals surface area contributed by atoms with E-state index in [1.807, 2.05) is 36.4 Å². The van der Waals surface area contributed by atoms with Crippen molar-refractivity contribution >= 4 is 30.6 Å². The number of carbonyl (C=O) groups excluding carboxylic acids is 1. The van der Waals surface area contributed by atoms with Crippen molar-refractivity contribution in [3.63, 3.8) is 0 Å². The first-order valence-electron chi connectivity index (χ1n) is 8.60. The maximum Gasteiger partial charge on any atom is 0.331 e. The number of H-pyrrole nitrogens is 1. The lowest BCUT2D eigenvalue weighted by Gasteiger charge is -2.05. The molecule has 2 heterocycles. The summed E-state index contributed by atoms with van der Waals surface area (Å²) >= 11 is 0. The monoisotopic (exact) mass is 409 g/mol. The summed E-state index contributed by atoms with van der Waals surface area (Å²) in [4.78, 5) is 45.9. The lowest BCUT2D eigenvalue weighted by Crippen LogP contribution is -2.12. The molecule has 0 aliphatic rings. The second-order valence-corrected chi connectivity index (χ2v) is 7.97. The van der Waals surface area contributed by atoms with Gasteiger partial charge in [0.1, 0.15) is 11.8 Å². The standard InChI is InChI=1S/C19H16N5O4P/c25-18(14-8-4-7-13(9-14)12-5-2-1-3-6-12)24-19-22-16-15(10-29(26,27)28)20-11-21-17(16)23-19/h1-9,11H,10H2,(H2,26,27,28)(H2,20,21,22,23,24,25). The van der Waals surface area contributed by atoms with Gasteiger partial charge in [0.2, 0.25) is 5.95 Å². The van der Waals surface area contributed by atoms with Gasteiger partial charge in [-0.15, -0.1) is 0 Å². The maximum absolute atomic E-state index is 12.7. The van der Waals surface area contributed by atoms with Gasteiger partial charge in [0, 0.05) is 5.56 Å². The molecular weight excluding hydrogens is 393 g/mol. The Kier molecular flexibility index (Phi) is 4.94. The average Bonchev–Trinajstić information content (AvgIpc) is 3.11. The van der Waals surface area contributed by atoms with E-state index in [1.54, 1.807) is 18.2 Å². The molecule has 10 heteroatoms. The van der Waals surface area contributed by atoms with E-state index in [0.717, 1.165) is 11.1 Å². The number of aromatic amines is 1. The molecule has 0 radical (unpaired) electrons. The van der Waals surface area contributed by atoms with Crippen LogP contribution in [-0.2, 0) is 10.7 Å². The van der Waals surface area contributed by atoms with Crippen LogP contribution >= 0.6 is 7.60 Å². The van der Waals surface area contributed by atoms with Crippen molar-refractivity contribution in [3.05, 3.63) is 72.2 Å². The number of imidazole rings is 1. The van der Waals surface area contributed by atoms with E-state index in [1.165, 1.54) is 6.33 Å². The molecule has 4 aromatic rings. The van der Waals surface area contributed by atoms with Crippen LogP contribution in [0.15, 0.2) is 60.9 Å². The second-order valence-electron chi connectivity index (χ2n) is 6.33. The highest BCUT2D eigenvalue weighted by Crippen LogP contribution is 2.39. The zero-order valence-electron chi connectivity index (χ0n) is 15.0.